The minimum atomic E-state index is -1.26. The molecule has 0 aliphatic heterocycles. The van der Waals surface area contributed by atoms with Crippen LogP contribution in [0.1, 0.15) is 35.5 Å². The Morgan fingerprint density at radius 3 is 2.61 bits per heavy atom. The van der Waals surface area contributed by atoms with Crippen molar-refractivity contribution in [3.05, 3.63) is 40.7 Å². The van der Waals surface area contributed by atoms with Crippen molar-refractivity contribution in [3.63, 3.8) is 0 Å². The summed E-state index contributed by atoms with van der Waals surface area (Å²) >= 11 is 0. The van der Waals surface area contributed by atoms with Crippen molar-refractivity contribution >= 4 is 6.03 Å². The minimum Gasteiger partial charge on any atom is -0.463 e. The van der Waals surface area contributed by atoms with E-state index in [4.69, 9.17) is 8.94 Å². The second kappa shape index (κ2) is 6.87. The summed E-state index contributed by atoms with van der Waals surface area (Å²) in [6.45, 7) is 7.62. The number of furan rings is 1. The van der Waals surface area contributed by atoms with Crippen molar-refractivity contribution in [2.24, 2.45) is 0 Å². The lowest BCUT2D eigenvalue weighted by molar-refractivity contribution is 0.0360. The molecule has 0 fully saturated rings. The summed E-state index contributed by atoms with van der Waals surface area (Å²) in [5.74, 6) is 1.90. The maximum Gasteiger partial charge on any atom is 0.314 e. The Hall–Kier alpha value is -2.28. The van der Waals surface area contributed by atoms with Crippen LogP contribution in [0.3, 0.4) is 0 Å². The number of urea groups is 1. The van der Waals surface area contributed by atoms with E-state index in [1.807, 2.05) is 13.8 Å². The quantitative estimate of drug-likeness (QED) is 0.755. The topological polar surface area (TPSA) is 101 Å². The Morgan fingerprint density at radius 2 is 2.04 bits per heavy atom. The smallest absolute Gasteiger partial charge is 0.314 e. The summed E-state index contributed by atoms with van der Waals surface area (Å²) < 4.78 is 10.5. The fraction of sp³-hybridized carbons (Fsp3) is 0.500. The largest absolute Gasteiger partial charge is 0.463 e. The predicted octanol–water partition coefficient (Wildman–Crippen LogP) is 1.94. The van der Waals surface area contributed by atoms with Gasteiger partial charge in [0.15, 0.2) is 0 Å². The molecule has 23 heavy (non-hydrogen) atoms. The lowest BCUT2D eigenvalue weighted by atomic mass is 10.0. The summed E-state index contributed by atoms with van der Waals surface area (Å²) in [4.78, 5) is 11.8. The zero-order valence-corrected chi connectivity index (χ0v) is 13.9. The van der Waals surface area contributed by atoms with Crippen molar-refractivity contribution < 1.29 is 18.8 Å². The first-order chi connectivity index (χ1) is 10.8. The monoisotopic (exact) mass is 321 g/mol. The molecule has 2 aromatic heterocycles. The zero-order chi connectivity index (χ0) is 17.0. The van der Waals surface area contributed by atoms with Crippen molar-refractivity contribution in [1.29, 1.82) is 0 Å². The molecule has 0 saturated carbocycles. The molecule has 3 N–H and O–H groups in total. The third-order valence-corrected chi connectivity index (χ3v) is 3.71. The van der Waals surface area contributed by atoms with Gasteiger partial charge < -0.3 is 24.7 Å². The van der Waals surface area contributed by atoms with Crippen LogP contribution >= 0.6 is 0 Å². The van der Waals surface area contributed by atoms with Crippen LogP contribution in [0, 0.1) is 20.8 Å². The first kappa shape index (κ1) is 17.1. The number of carbonyl (C=O) groups is 1. The Balaban J connectivity index is 1.77. The fourth-order valence-electron chi connectivity index (χ4n) is 2.29. The van der Waals surface area contributed by atoms with Crippen LogP contribution in [-0.2, 0) is 12.0 Å². The number of aryl methyl sites for hydroxylation is 3. The van der Waals surface area contributed by atoms with Crippen molar-refractivity contribution in [3.8, 4) is 0 Å². The van der Waals surface area contributed by atoms with Gasteiger partial charge in [-0.1, -0.05) is 5.16 Å². The number of aliphatic hydroxyl groups is 1. The third kappa shape index (κ3) is 4.35. The van der Waals surface area contributed by atoms with Crippen LogP contribution < -0.4 is 10.6 Å². The summed E-state index contributed by atoms with van der Waals surface area (Å²) in [7, 11) is 0. The molecule has 2 rings (SSSR count). The van der Waals surface area contributed by atoms with Crippen LogP contribution in [0.5, 0.6) is 0 Å². The van der Waals surface area contributed by atoms with Gasteiger partial charge in [-0.05, 0) is 46.2 Å². The Morgan fingerprint density at radius 1 is 1.30 bits per heavy atom. The van der Waals surface area contributed by atoms with E-state index in [1.54, 1.807) is 26.0 Å². The zero-order valence-electron chi connectivity index (χ0n) is 13.9. The molecule has 2 aromatic rings. The van der Waals surface area contributed by atoms with Crippen molar-refractivity contribution in [2.45, 2.75) is 39.7 Å². The second-order valence-electron chi connectivity index (χ2n) is 5.85. The van der Waals surface area contributed by atoms with E-state index in [-0.39, 0.29) is 12.6 Å². The van der Waals surface area contributed by atoms with E-state index in [2.05, 4.69) is 15.8 Å². The standard InChI is InChI=1S/C16H23N3O4/c1-10-5-6-14(22-10)16(4,21)9-18-15(20)17-8-7-13-11(2)19-23-12(13)3/h5-6,21H,7-9H2,1-4H3,(H2,17,18,20). The molecule has 0 bridgehead atoms. The van der Waals surface area contributed by atoms with E-state index >= 15 is 0 Å². The molecule has 0 aliphatic carbocycles. The van der Waals surface area contributed by atoms with E-state index < -0.39 is 5.60 Å². The van der Waals surface area contributed by atoms with Crippen molar-refractivity contribution in [2.75, 3.05) is 13.1 Å². The molecular weight excluding hydrogens is 298 g/mol. The number of rotatable bonds is 6. The molecule has 126 valence electrons. The van der Waals surface area contributed by atoms with Gasteiger partial charge >= 0.3 is 6.03 Å². The van der Waals surface area contributed by atoms with Gasteiger partial charge in [-0.15, -0.1) is 0 Å². The summed E-state index contributed by atoms with van der Waals surface area (Å²) in [5.41, 5.74) is 0.581. The highest BCUT2D eigenvalue weighted by molar-refractivity contribution is 5.73. The van der Waals surface area contributed by atoms with Crippen LogP contribution in [0.4, 0.5) is 4.79 Å². The normalized spacial score (nSPS) is 13.6. The molecule has 2 heterocycles. The number of hydrogen-bond acceptors (Lipinski definition) is 5. The van der Waals surface area contributed by atoms with Gasteiger partial charge in [0.1, 0.15) is 22.9 Å². The molecule has 0 aliphatic rings. The average Bonchev–Trinajstić information content (AvgIpc) is 3.06. The molecule has 0 radical (unpaired) electrons. The lowest BCUT2D eigenvalue weighted by Crippen LogP contribution is -2.43. The Bertz CT molecular complexity index is 653. The molecule has 0 saturated heterocycles. The molecule has 1 unspecified atom stereocenters. The van der Waals surface area contributed by atoms with E-state index in [0.717, 1.165) is 17.0 Å². The number of nitrogens with one attached hydrogen (secondary N) is 2. The highest BCUT2D eigenvalue weighted by Crippen LogP contribution is 2.21. The van der Waals surface area contributed by atoms with Crippen LogP contribution in [0.15, 0.2) is 21.1 Å². The van der Waals surface area contributed by atoms with E-state index in [9.17, 15) is 9.90 Å². The molecule has 2 amide bonds. The third-order valence-electron chi connectivity index (χ3n) is 3.71. The predicted molar refractivity (Wildman–Crippen MR) is 84.1 cm³/mol. The van der Waals surface area contributed by atoms with Gasteiger partial charge in [0.25, 0.3) is 0 Å². The first-order valence-electron chi connectivity index (χ1n) is 7.52. The van der Waals surface area contributed by atoms with Crippen LogP contribution in [0.2, 0.25) is 0 Å². The maximum atomic E-state index is 11.8. The molecule has 0 spiro atoms. The summed E-state index contributed by atoms with van der Waals surface area (Å²) in [6, 6.07) is 3.13. The van der Waals surface area contributed by atoms with Crippen LogP contribution in [0.25, 0.3) is 0 Å². The number of carbonyl (C=O) groups excluding carboxylic acids is 1. The summed E-state index contributed by atoms with van der Waals surface area (Å²) in [6.07, 6.45) is 0.641. The molecule has 0 aromatic carbocycles. The molecular formula is C16H23N3O4. The van der Waals surface area contributed by atoms with Gasteiger partial charge in [0.2, 0.25) is 0 Å². The first-order valence-corrected chi connectivity index (χ1v) is 7.52. The van der Waals surface area contributed by atoms with Gasteiger partial charge in [0.05, 0.1) is 12.2 Å². The number of hydrogen-bond donors (Lipinski definition) is 3. The van der Waals surface area contributed by atoms with Crippen molar-refractivity contribution in [1.82, 2.24) is 15.8 Å². The fourth-order valence-corrected chi connectivity index (χ4v) is 2.29. The van der Waals surface area contributed by atoms with Gasteiger partial charge in [-0.2, -0.15) is 0 Å². The molecule has 7 heteroatoms. The molecule has 7 nitrogen and oxygen atoms in total. The van der Waals surface area contributed by atoms with E-state index in [1.165, 1.54) is 0 Å². The Labute approximate surface area is 135 Å². The number of nitrogens with zero attached hydrogens (tertiary/aromatic N) is 1. The Kier molecular flexibility index (Phi) is 5.10. The highest BCUT2D eigenvalue weighted by atomic mass is 16.5. The van der Waals surface area contributed by atoms with Gasteiger partial charge in [-0.3, -0.25) is 0 Å². The number of amides is 2. The number of aromatic nitrogens is 1. The summed E-state index contributed by atoms with van der Waals surface area (Å²) in [5, 5.41) is 19.6. The van der Waals surface area contributed by atoms with Crippen LogP contribution in [-0.4, -0.2) is 29.4 Å². The average molecular weight is 321 g/mol. The molecule has 1 atom stereocenters. The van der Waals surface area contributed by atoms with E-state index in [0.29, 0.717) is 24.5 Å². The minimum absolute atomic E-state index is 0.0527. The maximum absolute atomic E-state index is 11.8. The van der Waals surface area contributed by atoms with Gasteiger partial charge in [0, 0.05) is 12.1 Å². The second-order valence-corrected chi connectivity index (χ2v) is 5.85. The van der Waals surface area contributed by atoms with Gasteiger partial charge in [-0.25, -0.2) is 4.79 Å². The lowest BCUT2D eigenvalue weighted by Gasteiger charge is -2.21. The SMILES string of the molecule is Cc1ccc(C(C)(O)CNC(=O)NCCc2c(C)noc2C)o1. The highest BCUT2D eigenvalue weighted by Gasteiger charge is 2.27.